The summed E-state index contributed by atoms with van der Waals surface area (Å²) in [5, 5.41) is 1.07. The van der Waals surface area contributed by atoms with E-state index in [0.717, 1.165) is 5.01 Å². The van der Waals surface area contributed by atoms with E-state index in [9.17, 15) is 0 Å². The summed E-state index contributed by atoms with van der Waals surface area (Å²) in [6.07, 6.45) is 1.93. The molecule has 11 heavy (non-hydrogen) atoms. The van der Waals surface area contributed by atoms with E-state index in [4.69, 9.17) is 4.74 Å². The van der Waals surface area contributed by atoms with Crippen LogP contribution in [-0.4, -0.2) is 12.1 Å². The van der Waals surface area contributed by atoms with Gasteiger partial charge in [0.15, 0.2) is 0 Å². The van der Waals surface area contributed by atoms with Gasteiger partial charge in [-0.05, 0) is 5.92 Å². The zero-order valence-electron chi connectivity index (χ0n) is 7.13. The quantitative estimate of drug-likeness (QED) is 0.696. The Balaban J connectivity index is 2.66. The maximum absolute atomic E-state index is 4.97. The molecule has 0 unspecified atom stereocenters. The number of methoxy groups -OCH3 is 1. The average molecular weight is 171 g/mol. The first-order valence-corrected chi connectivity index (χ1v) is 4.49. The van der Waals surface area contributed by atoms with E-state index in [2.05, 4.69) is 18.8 Å². The molecule has 3 heteroatoms. The van der Waals surface area contributed by atoms with Gasteiger partial charge in [-0.25, -0.2) is 4.98 Å². The average Bonchev–Trinajstić information content (AvgIpc) is 2.37. The molecule has 0 saturated heterocycles. The van der Waals surface area contributed by atoms with Crippen molar-refractivity contribution in [3.8, 4) is 0 Å². The Hall–Kier alpha value is -0.410. The maximum Gasteiger partial charge on any atom is 0.119 e. The summed E-state index contributed by atoms with van der Waals surface area (Å²) in [4.78, 5) is 5.55. The fourth-order valence-electron chi connectivity index (χ4n) is 0.781. The summed E-state index contributed by atoms with van der Waals surface area (Å²) in [6, 6.07) is 0. The van der Waals surface area contributed by atoms with E-state index >= 15 is 0 Å². The van der Waals surface area contributed by atoms with Crippen molar-refractivity contribution in [3.63, 3.8) is 0 Å². The van der Waals surface area contributed by atoms with Gasteiger partial charge in [-0.15, -0.1) is 11.3 Å². The second-order valence-electron chi connectivity index (χ2n) is 2.74. The van der Waals surface area contributed by atoms with Crippen LogP contribution in [-0.2, 0) is 11.3 Å². The molecule has 0 spiro atoms. The summed E-state index contributed by atoms with van der Waals surface area (Å²) in [5.41, 5.74) is 0. The van der Waals surface area contributed by atoms with Gasteiger partial charge in [0.25, 0.3) is 0 Å². The lowest BCUT2D eigenvalue weighted by molar-refractivity contribution is 0.184. The molecular formula is C8H13NOS. The van der Waals surface area contributed by atoms with Gasteiger partial charge in [0, 0.05) is 18.2 Å². The van der Waals surface area contributed by atoms with E-state index in [1.165, 1.54) is 4.88 Å². The summed E-state index contributed by atoms with van der Waals surface area (Å²) >= 11 is 1.73. The molecule has 2 nitrogen and oxygen atoms in total. The lowest BCUT2D eigenvalue weighted by Crippen LogP contribution is -1.83. The molecule has 0 aliphatic rings. The minimum Gasteiger partial charge on any atom is -0.378 e. The van der Waals surface area contributed by atoms with E-state index in [0.29, 0.717) is 12.5 Å². The summed E-state index contributed by atoms with van der Waals surface area (Å²) in [6.45, 7) is 4.98. The topological polar surface area (TPSA) is 22.1 Å². The maximum atomic E-state index is 4.97. The zero-order valence-corrected chi connectivity index (χ0v) is 7.94. The van der Waals surface area contributed by atoms with Crippen LogP contribution in [0.3, 0.4) is 0 Å². The van der Waals surface area contributed by atoms with Gasteiger partial charge < -0.3 is 4.74 Å². The normalized spacial score (nSPS) is 10.9. The number of nitrogens with zero attached hydrogens (tertiary/aromatic N) is 1. The molecule has 0 aromatic carbocycles. The predicted octanol–water partition coefficient (Wildman–Crippen LogP) is 2.41. The van der Waals surface area contributed by atoms with Gasteiger partial charge in [0.1, 0.15) is 5.01 Å². The van der Waals surface area contributed by atoms with Crippen molar-refractivity contribution in [1.29, 1.82) is 0 Å². The third-order valence-corrected chi connectivity index (χ3v) is 2.68. The standard InChI is InChI=1S/C8H13NOS/c1-6(2)7-4-9-8(11-7)5-10-3/h4,6H,5H2,1-3H3. The first-order valence-electron chi connectivity index (χ1n) is 3.67. The summed E-state index contributed by atoms with van der Waals surface area (Å²) in [5.74, 6) is 0.582. The Labute approximate surface area is 71.2 Å². The van der Waals surface area contributed by atoms with E-state index < -0.39 is 0 Å². The summed E-state index contributed by atoms with van der Waals surface area (Å²) in [7, 11) is 1.69. The Morgan fingerprint density at radius 2 is 2.36 bits per heavy atom. The van der Waals surface area contributed by atoms with Crippen molar-refractivity contribution in [2.45, 2.75) is 26.4 Å². The molecule has 0 amide bonds. The highest BCUT2D eigenvalue weighted by Crippen LogP contribution is 2.21. The van der Waals surface area contributed by atoms with Crippen LogP contribution in [0.15, 0.2) is 6.20 Å². The molecule has 0 saturated carbocycles. The van der Waals surface area contributed by atoms with Gasteiger partial charge in [-0.1, -0.05) is 13.8 Å². The van der Waals surface area contributed by atoms with Gasteiger partial charge in [-0.2, -0.15) is 0 Å². The van der Waals surface area contributed by atoms with Crippen LogP contribution in [0, 0.1) is 0 Å². The molecule has 0 aliphatic heterocycles. The first-order chi connectivity index (χ1) is 5.24. The van der Waals surface area contributed by atoms with Gasteiger partial charge in [0.2, 0.25) is 0 Å². The predicted molar refractivity (Wildman–Crippen MR) is 46.9 cm³/mol. The highest BCUT2D eigenvalue weighted by atomic mass is 32.1. The van der Waals surface area contributed by atoms with Crippen LogP contribution in [0.5, 0.6) is 0 Å². The Kier molecular flexibility index (Phi) is 3.02. The molecule has 1 heterocycles. The molecular weight excluding hydrogens is 158 g/mol. The van der Waals surface area contributed by atoms with Crippen LogP contribution >= 0.6 is 11.3 Å². The molecule has 0 atom stereocenters. The summed E-state index contributed by atoms with van der Waals surface area (Å²) < 4.78 is 4.97. The first kappa shape index (κ1) is 8.68. The molecule has 0 fully saturated rings. The molecule has 0 radical (unpaired) electrons. The number of thiazole rings is 1. The van der Waals surface area contributed by atoms with Gasteiger partial charge in [-0.3, -0.25) is 0 Å². The van der Waals surface area contributed by atoms with Crippen LogP contribution < -0.4 is 0 Å². The molecule has 0 N–H and O–H groups in total. The second-order valence-corrected chi connectivity index (χ2v) is 3.89. The zero-order chi connectivity index (χ0) is 8.27. The second kappa shape index (κ2) is 3.83. The van der Waals surface area contributed by atoms with Crippen LogP contribution in [0.25, 0.3) is 0 Å². The van der Waals surface area contributed by atoms with Crippen molar-refractivity contribution < 1.29 is 4.74 Å². The third-order valence-electron chi connectivity index (χ3n) is 1.41. The molecule has 0 bridgehead atoms. The molecule has 1 aromatic rings. The van der Waals surface area contributed by atoms with Crippen LogP contribution in [0.4, 0.5) is 0 Å². The number of hydrogen-bond acceptors (Lipinski definition) is 3. The third kappa shape index (κ3) is 2.27. The number of rotatable bonds is 3. The van der Waals surface area contributed by atoms with Crippen LogP contribution in [0.2, 0.25) is 0 Å². The SMILES string of the molecule is COCc1ncc(C(C)C)s1. The van der Waals surface area contributed by atoms with Gasteiger partial charge in [0.05, 0.1) is 6.61 Å². The Morgan fingerprint density at radius 3 is 2.82 bits per heavy atom. The Morgan fingerprint density at radius 1 is 1.64 bits per heavy atom. The number of aromatic nitrogens is 1. The van der Waals surface area contributed by atoms with Crippen molar-refractivity contribution in [2.75, 3.05) is 7.11 Å². The fraction of sp³-hybridized carbons (Fsp3) is 0.625. The molecule has 1 rings (SSSR count). The smallest absolute Gasteiger partial charge is 0.119 e. The van der Waals surface area contributed by atoms with E-state index in [1.807, 2.05) is 6.20 Å². The Bertz CT molecular complexity index is 220. The molecule has 62 valence electrons. The van der Waals surface area contributed by atoms with E-state index in [-0.39, 0.29) is 0 Å². The highest BCUT2D eigenvalue weighted by molar-refractivity contribution is 7.11. The molecule has 0 aliphatic carbocycles. The van der Waals surface area contributed by atoms with Gasteiger partial charge >= 0.3 is 0 Å². The van der Waals surface area contributed by atoms with Crippen molar-refractivity contribution >= 4 is 11.3 Å². The highest BCUT2D eigenvalue weighted by Gasteiger charge is 2.04. The minimum atomic E-state index is 0.582. The monoisotopic (exact) mass is 171 g/mol. The lowest BCUT2D eigenvalue weighted by atomic mass is 10.2. The largest absolute Gasteiger partial charge is 0.378 e. The van der Waals surface area contributed by atoms with E-state index in [1.54, 1.807) is 18.4 Å². The number of ether oxygens (including phenoxy) is 1. The molecule has 1 aromatic heterocycles. The van der Waals surface area contributed by atoms with Crippen LogP contribution in [0.1, 0.15) is 29.7 Å². The van der Waals surface area contributed by atoms with Crippen molar-refractivity contribution in [3.05, 3.63) is 16.1 Å². The van der Waals surface area contributed by atoms with Crippen molar-refractivity contribution in [2.24, 2.45) is 0 Å². The fourth-order valence-corrected chi connectivity index (χ4v) is 1.68. The number of hydrogen-bond donors (Lipinski definition) is 0. The lowest BCUT2D eigenvalue weighted by Gasteiger charge is -1.95. The minimum absolute atomic E-state index is 0.582. The van der Waals surface area contributed by atoms with Crippen molar-refractivity contribution in [1.82, 2.24) is 4.98 Å².